The summed E-state index contributed by atoms with van der Waals surface area (Å²) in [5.74, 6) is -0.163. The topological polar surface area (TPSA) is 58.6 Å². The summed E-state index contributed by atoms with van der Waals surface area (Å²) >= 11 is 0. The van der Waals surface area contributed by atoms with Crippen molar-refractivity contribution in [2.24, 2.45) is 5.92 Å². The minimum atomic E-state index is -0.157. The van der Waals surface area contributed by atoms with Crippen molar-refractivity contribution in [3.05, 3.63) is 35.4 Å². The van der Waals surface area contributed by atoms with Crippen LogP contribution in [0, 0.1) is 5.92 Å². The molecule has 1 aromatic carbocycles. The number of piperidine rings is 1. The number of rotatable bonds is 7. The van der Waals surface area contributed by atoms with Crippen molar-refractivity contribution in [3.63, 3.8) is 0 Å². The van der Waals surface area contributed by atoms with E-state index in [0.29, 0.717) is 6.54 Å². The van der Waals surface area contributed by atoms with E-state index in [9.17, 15) is 9.59 Å². The minimum Gasteiger partial charge on any atom is -0.375 e. The summed E-state index contributed by atoms with van der Waals surface area (Å²) in [4.78, 5) is 27.0. The summed E-state index contributed by atoms with van der Waals surface area (Å²) in [5, 5.41) is 3.05. The Morgan fingerprint density at radius 3 is 2.50 bits per heavy atom. The fourth-order valence-corrected chi connectivity index (χ4v) is 3.45. The Morgan fingerprint density at radius 2 is 1.92 bits per heavy atom. The van der Waals surface area contributed by atoms with Gasteiger partial charge in [0.1, 0.15) is 6.61 Å². The predicted molar refractivity (Wildman–Crippen MR) is 103 cm³/mol. The molecule has 1 saturated heterocycles. The molecule has 0 saturated carbocycles. The third-order valence-electron chi connectivity index (χ3n) is 5.31. The van der Waals surface area contributed by atoms with E-state index in [1.807, 2.05) is 11.8 Å². The quantitative estimate of drug-likeness (QED) is 0.813. The first kappa shape index (κ1) is 20.4. The maximum atomic E-state index is 12.6. The van der Waals surface area contributed by atoms with E-state index >= 15 is 0 Å². The predicted octanol–water partition coefficient (Wildman–Crippen LogP) is 3.09. The van der Waals surface area contributed by atoms with Gasteiger partial charge in [-0.05, 0) is 43.7 Å². The Balaban J connectivity index is 2.16. The van der Waals surface area contributed by atoms with Gasteiger partial charge < -0.3 is 15.0 Å². The lowest BCUT2D eigenvalue weighted by Gasteiger charge is -2.39. The van der Waals surface area contributed by atoms with Gasteiger partial charge in [-0.25, -0.2) is 0 Å². The van der Waals surface area contributed by atoms with Gasteiger partial charge >= 0.3 is 0 Å². The van der Waals surface area contributed by atoms with Crippen molar-refractivity contribution in [1.29, 1.82) is 0 Å². The zero-order chi connectivity index (χ0) is 19.1. The number of nitrogens with zero attached hydrogens (tertiary/aromatic N) is 1. The number of nitrogens with one attached hydrogen (secondary N) is 1. The van der Waals surface area contributed by atoms with E-state index in [-0.39, 0.29) is 36.4 Å². The largest absolute Gasteiger partial charge is 0.375 e. The van der Waals surface area contributed by atoms with Crippen LogP contribution in [-0.2, 0) is 20.7 Å². The molecule has 0 unspecified atom stereocenters. The summed E-state index contributed by atoms with van der Waals surface area (Å²) < 4.78 is 5.06. The molecule has 5 nitrogen and oxygen atoms in total. The molecule has 144 valence electrons. The molecule has 2 rings (SSSR count). The number of likely N-dealkylation sites (tertiary alicyclic amines) is 1. The Morgan fingerprint density at radius 1 is 1.23 bits per heavy atom. The third kappa shape index (κ3) is 5.07. The summed E-state index contributed by atoms with van der Waals surface area (Å²) in [6, 6.07) is 8.62. The van der Waals surface area contributed by atoms with Crippen molar-refractivity contribution >= 4 is 11.8 Å². The number of aryl methyl sites for hydroxylation is 1. The van der Waals surface area contributed by atoms with Crippen LogP contribution in [0.1, 0.15) is 57.2 Å². The zero-order valence-electron chi connectivity index (χ0n) is 16.5. The molecule has 1 heterocycles. The molecule has 26 heavy (non-hydrogen) atoms. The van der Waals surface area contributed by atoms with E-state index < -0.39 is 0 Å². The number of methoxy groups -OCH3 is 1. The average Bonchev–Trinajstić information content (AvgIpc) is 2.67. The molecule has 1 aliphatic heterocycles. The Hall–Kier alpha value is -1.88. The van der Waals surface area contributed by atoms with Crippen molar-refractivity contribution in [2.45, 2.75) is 58.5 Å². The Labute approximate surface area is 157 Å². The lowest BCUT2D eigenvalue weighted by atomic mass is 9.87. The SMILES string of the molecule is CCc1ccc([C@@H]2CC[C@H](C(=O)N[C@@H](C)CC)CN2C(=O)COC)cc1. The van der Waals surface area contributed by atoms with Crippen molar-refractivity contribution in [2.75, 3.05) is 20.3 Å². The van der Waals surface area contributed by atoms with Crippen molar-refractivity contribution < 1.29 is 14.3 Å². The first-order chi connectivity index (χ1) is 12.5. The van der Waals surface area contributed by atoms with E-state index in [0.717, 1.165) is 31.2 Å². The average molecular weight is 360 g/mol. The van der Waals surface area contributed by atoms with Gasteiger partial charge in [0.25, 0.3) is 0 Å². The lowest BCUT2D eigenvalue weighted by Crippen LogP contribution is -2.49. The van der Waals surface area contributed by atoms with E-state index in [1.165, 1.54) is 12.7 Å². The molecule has 1 N–H and O–H groups in total. The van der Waals surface area contributed by atoms with Crippen LogP contribution < -0.4 is 5.32 Å². The number of benzene rings is 1. The molecule has 1 aromatic rings. The van der Waals surface area contributed by atoms with Crippen LogP contribution in [0.3, 0.4) is 0 Å². The second-order valence-corrected chi connectivity index (χ2v) is 7.18. The van der Waals surface area contributed by atoms with E-state index in [4.69, 9.17) is 4.74 Å². The van der Waals surface area contributed by atoms with Crippen molar-refractivity contribution in [1.82, 2.24) is 10.2 Å². The van der Waals surface area contributed by atoms with Crippen molar-refractivity contribution in [3.8, 4) is 0 Å². The third-order valence-corrected chi connectivity index (χ3v) is 5.31. The van der Waals surface area contributed by atoms with Gasteiger partial charge in [0, 0.05) is 19.7 Å². The molecule has 0 radical (unpaired) electrons. The number of carbonyl (C=O) groups excluding carboxylic acids is 2. The summed E-state index contributed by atoms with van der Waals surface area (Å²) in [6.45, 7) is 6.68. The molecule has 2 amide bonds. The van der Waals surface area contributed by atoms with E-state index in [1.54, 1.807) is 0 Å². The molecule has 5 heteroatoms. The number of hydrogen-bond acceptors (Lipinski definition) is 3. The maximum Gasteiger partial charge on any atom is 0.249 e. The Bertz CT molecular complexity index is 600. The molecular formula is C21H32N2O3. The van der Waals surface area contributed by atoms with Gasteiger partial charge in [0.15, 0.2) is 0 Å². The minimum absolute atomic E-state index is 0.0104. The van der Waals surface area contributed by atoms with E-state index in [2.05, 4.69) is 43.4 Å². The zero-order valence-corrected chi connectivity index (χ0v) is 16.5. The highest BCUT2D eigenvalue weighted by Crippen LogP contribution is 2.34. The highest BCUT2D eigenvalue weighted by Gasteiger charge is 2.35. The molecule has 0 bridgehead atoms. The molecule has 3 atom stereocenters. The maximum absolute atomic E-state index is 12.6. The number of amides is 2. The van der Waals surface area contributed by atoms with Crippen LogP contribution in [-0.4, -0.2) is 43.0 Å². The van der Waals surface area contributed by atoms with Crippen LogP contribution in [0.25, 0.3) is 0 Å². The van der Waals surface area contributed by atoms with Crippen LogP contribution in [0.4, 0.5) is 0 Å². The number of ether oxygens (including phenoxy) is 1. The van der Waals surface area contributed by atoms with Gasteiger partial charge in [-0.2, -0.15) is 0 Å². The van der Waals surface area contributed by atoms with Gasteiger partial charge in [-0.3, -0.25) is 9.59 Å². The summed E-state index contributed by atoms with van der Waals surface area (Å²) in [7, 11) is 1.53. The molecular weight excluding hydrogens is 328 g/mol. The van der Waals surface area contributed by atoms with Crippen LogP contribution in [0.5, 0.6) is 0 Å². The monoisotopic (exact) mass is 360 g/mol. The standard InChI is InChI=1S/C21H32N2O3/c1-5-15(3)22-21(25)18-11-12-19(23(13-18)20(24)14-26-4)17-9-7-16(6-2)8-10-17/h7-10,15,18-19H,5-6,11-14H2,1-4H3,(H,22,25)/t15-,18-,19-/m0/s1. The second-order valence-electron chi connectivity index (χ2n) is 7.18. The normalized spacial score (nSPS) is 21.3. The number of carbonyl (C=O) groups is 2. The molecule has 0 aliphatic carbocycles. The molecule has 1 fully saturated rings. The van der Waals surface area contributed by atoms with Crippen LogP contribution >= 0.6 is 0 Å². The highest BCUT2D eigenvalue weighted by molar-refractivity contribution is 5.82. The first-order valence-corrected chi connectivity index (χ1v) is 9.67. The second kappa shape index (κ2) is 9.72. The molecule has 0 aromatic heterocycles. The molecule has 0 spiro atoms. The lowest BCUT2D eigenvalue weighted by molar-refractivity contribution is -0.142. The molecule has 1 aliphatic rings. The van der Waals surface area contributed by atoms with Gasteiger partial charge in [-0.1, -0.05) is 38.1 Å². The fraction of sp³-hybridized carbons (Fsp3) is 0.619. The Kier molecular flexibility index (Phi) is 7.64. The number of hydrogen-bond donors (Lipinski definition) is 1. The summed E-state index contributed by atoms with van der Waals surface area (Å²) in [5.41, 5.74) is 2.41. The van der Waals surface area contributed by atoms with Gasteiger partial charge in [0.05, 0.1) is 12.0 Å². The first-order valence-electron chi connectivity index (χ1n) is 9.67. The van der Waals surface area contributed by atoms with Gasteiger partial charge in [-0.15, -0.1) is 0 Å². The van der Waals surface area contributed by atoms with Crippen LogP contribution in [0.15, 0.2) is 24.3 Å². The van der Waals surface area contributed by atoms with Gasteiger partial charge in [0.2, 0.25) is 11.8 Å². The highest BCUT2D eigenvalue weighted by atomic mass is 16.5. The fourth-order valence-electron chi connectivity index (χ4n) is 3.45. The summed E-state index contributed by atoms with van der Waals surface area (Å²) in [6.07, 6.45) is 3.48. The van der Waals surface area contributed by atoms with Crippen LogP contribution in [0.2, 0.25) is 0 Å². The smallest absolute Gasteiger partial charge is 0.249 e.